The minimum atomic E-state index is -0.313. The summed E-state index contributed by atoms with van der Waals surface area (Å²) >= 11 is 0. The standard InChI is InChI=1S/C22H27N3O3/c1-16(2)15-28-20-10-6-18(7-11-20)14-23-25-22(27)13-12-21(26)24-19-8-4-17(3)5-9-19/h4-11,14,16H,12-13,15H2,1-3H3,(H,24,26)(H,25,27). The molecule has 6 heteroatoms. The molecule has 0 bridgehead atoms. The summed E-state index contributed by atoms with van der Waals surface area (Å²) in [6.45, 7) is 6.83. The fraction of sp³-hybridized carbons (Fsp3) is 0.318. The van der Waals surface area contributed by atoms with Crippen molar-refractivity contribution in [2.75, 3.05) is 11.9 Å². The Bertz CT molecular complexity index is 797. The lowest BCUT2D eigenvalue weighted by molar-refractivity contribution is -0.124. The van der Waals surface area contributed by atoms with Crippen molar-refractivity contribution >= 4 is 23.7 Å². The van der Waals surface area contributed by atoms with Crippen LogP contribution in [0.5, 0.6) is 5.75 Å². The van der Waals surface area contributed by atoms with Gasteiger partial charge in [0.1, 0.15) is 5.75 Å². The number of carbonyl (C=O) groups is 2. The number of aryl methyl sites for hydroxylation is 1. The molecule has 0 fully saturated rings. The van der Waals surface area contributed by atoms with Gasteiger partial charge in [-0.05, 0) is 54.8 Å². The zero-order chi connectivity index (χ0) is 20.4. The quantitative estimate of drug-likeness (QED) is 0.511. The third-order valence-corrected chi connectivity index (χ3v) is 3.78. The zero-order valence-electron chi connectivity index (χ0n) is 16.6. The lowest BCUT2D eigenvalue weighted by atomic mass is 10.2. The molecule has 0 saturated carbocycles. The van der Waals surface area contributed by atoms with Gasteiger partial charge in [-0.25, -0.2) is 5.43 Å². The van der Waals surface area contributed by atoms with Gasteiger partial charge in [0, 0.05) is 18.5 Å². The Morgan fingerprint density at radius 2 is 1.64 bits per heavy atom. The van der Waals surface area contributed by atoms with Crippen LogP contribution in [0.15, 0.2) is 53.6 Å². The van der Waals surface area contributed by atoms with E-state index in [1.54, 1.807) is 6.21 Å². The number of anilines is 1. The van der Waals surface area contributed by atoms with E-state index in [4.69, 9.17) is 4.74 Å². The Morgan fingerprint density at radius 1 is 1.00 bits per heavy atom. The number of rotatable bonds is 9. The SMILES string of the molecule is Cc1ccc(NC(=O)CCC(=O)NN=Cc2ccc(OCC(C)C)cc2)cc1. The zero-order valence-corrected chi connectivity index (χ0v) is 16.6. The molecule has 2 N–H and O–H groups in total. The summed E-state index contributed by atoms with van der Waals surface area (Å²) in [4.78, 5) is 23.7. The van der Waals surface area contributed by atoms with E-state index in [2.05, 4.69) is 29.7 Å². The predicted molar refractivity (Wildman–Crippen MR) is 112 cm³/mol. The molecule has 0 heterocycles. The molecule has 0 saturated heterocycles. The fourth-order valence-electron chi connectivity index (χ4n) is 2.24. The first kappa shape index (κ1) is 21.2. The number of hydrazone groups is 1. The number of hydrogen-bond donors (Lipinski definition) is 2. The second-order valence-electron chi connectivity index (χ2n) is 6.98. The molecule has 0 radical (unpaired) electrons. The van der Waals surface area contributed by atoms with Gasteiger partial charge in [-0.1, -0.05) is 31.5 Å². The topological polar surface area (TPSA) is 79.8 Å². The van der Waals surface area contributed by atoms with Crippen LogP contribution in [0.25, 0.3) is 0 Å². The van der Waals surface area contributed by atoms with Crippen LogP contribution in [0.2, 0.25) is 0 Å². The number of nitrogens with one attached hydrogen (secondary N) is 2. The van der Waals surface area contributed by atoms with E-state index in [1.807, 2.05) is 55.5 Å². The normalized spacial score (nSPS) is 10.9. The minimum Gasteiger partial charge on any atom is -0.493 e. The van der Waals surface area contributed by atoms with Crippen LogP contribution < -0.4 is 15.5 Å². The molecule has 2 rings (SSSR count). The highest BCUT2D eigenvalue weighted by molar-refractivity contribution is 5.93. The molecule has 0 aliphatic heterocycles. The van der Waals surface area contributed by atoms with Gasteiger partial charge in [0.25, 0.3) is 0 Å². The second-order valence-corrected chi connectivity index (χ2v) is 6.98. The minimum absolute atomic E-state index is 0.0665. The molecular formula is C22H27N3O3. The van der Waals surface area contributed by atoms with E-state index < -0.39 is 0 Å². The number of ether oxygens (including phenoxy) is 1. The third kappa shape index (κ3) is 8.03. The number of benzene rings is 2. The smallest absolute Gasteiger partial charge is 0.240 e. The van der Waals surface area contributed by atoms with E-state index in [0.717, 1.165) is 22.6 Å². The van der Waals surface area contributed by atoms with E-state index in [1.165, 1.54) is 0 Å². The first-order valence-electron chi connectivity index (χ1n) is 9.33. The maximum Gasteiger partial charge on any atom is 0.240 e. The van der Waals surface area contributed by atoms with Crippen LogP contribution in [0.1, 0.15) is 37.8 Å². The summed E-state index contributed by atoms with van der Waals surface area (Å²) in [5.41, 5.74) is 5.11. The summed E-state index contributed by atoms with van der Waals surface area (Å²) < 4.78 is 5.62. The maximum atomic E-state index is 11.9. The van der Waals surface area contributed by atoms with E-state index >= 15 is 0 Å². The van der Waals surface area contributed by atoms with E-state index in [-0.39, 0.29) is 24.7 Å². The molecule has 6 nitrogen and oxygen atoms in total. The average Bonchev–Trinajstić information content (AvgIpc) is 2.67. The van der Waals surface area contributed by atoms with Crippen molar-refractivity contribution in [1.82, 2.24) is 5.43 Å². The molecule has 2 aromatic carbocycles. The third-order valence-electron chi connectivity index (χ3n) is 3.78. The Labute approximate surface area is 166 Å². The molecule has 0 aliphatic rings. The molecule has 28 heavy (non-hydrogen) atoms. The Balaban J connectivity index is 1.69. The molecular weight excluding hydrogens is 354 g/mol. The van der Waals surface area contributed by atoms with Gasteiger partial charge < -0.3 is 10.1 Å². The van der Waals surface area contributed by atoms with Gasteiger partial charge in [0.15, 0.2) is 0 Å². The fourth-order valence-corrected chi connectivity index (χ4v) is 2.24. The number of carbonyl (C=O) groups excluding carboxylic acids is 2. The van der Waals surface area contributed by atoms with Crippen LogP contribution in [-0.2, 0) is 9.59 Å². The van der Waals surface area contributed by atoms with Gasteiger partial charge in [-0.2, -0.15) is 5.10 Å². The van der Waals surface area contributed by atoms with Crippen LogP contribution >= 0.6 is 0 Å². The van der Waals surface area contributed by atoms with Crippen LogP contribution in [0.3, 0.4) is 0 Å². The van der Waals surface area contributed by atoms with Crippen molar-refractivity contribution in [3.63, 3.8) is 0 Å². The number of hydrogen-bond acceptors (Lipinski definition) is 4. The Hall–Kier alpha value is -3.15. The highest BCUT2D eigenvalue weighted by atomic mass is 16.5. The van der Waals surface area contributed by atoms with Crippen molar-refractivity contribution in [1.29, 1.82) is 0 Å². The van der Waals surface area contributed by atoms with Gasteiger partial charge in [-0.15, -0.1) is 0 Å². The average molecular weight is 381 g/mol. The summed E-state index contributed by atoms with van der Waals surface area (Å²) in [7, 11) is 0. The molecule has 0 atom stereocenters. The number of amides is 2. The van der Waals surface area contributed by atoms with Crippen LogP contribution in [-0.4, -0.2) is 24.6 Å². The predicted octanol–water partition coefficient (Wildman–Crippen LogP) is 3.90. The monoisotopic (exact) mass is 381 g/mol. The van der Waals surface area contributed by atoms with Crippen LogP contribution in [0.4, 0.5) is 5.69 Å². The lowest BCUT2D eigenvalue weighted by Crippen LogP contribution is -2.20. The van der Waals surface area contributed by atoms with E-state index in [0.29, 0.717) is 12.5 Å². The number of nitrogens with zero attached hydrogens (tertiary/aromatic N) is 1. The molecule has 0 aliphatic carbocycles. The van der Waals surface area contributed by atoms with Crippen molar-refractivity contribution in [3.05, 3.63) is 59.7 Å². The van der Waals surface area contributed by atoms with Gasteiger partial charge in [-0.3, -0.25) is 9.59 Å². The lowest BCUT2D eigenvalue weighted by Gasteiger charge is -2.08. The van der Waals surface area contributed by atoms with Crippen molar-refractivity contribution in [2.24, 2.45) is 11.0 Å². The molecule has 0 unspecified atom stereocenters. The summed E-state index contributed by atoms with van der Waals surface area (Å²) in [5.74, 6) is 0.747. The highest BCUT2D eigenvalue weighted by Crippen LogP contribution is 2.12. The summed E-state index contributed by atoms with van der Waals surface area (Å²) in [6, 6.07) is 14.9. The molecule has 2 aromatic rings. The summed E-state index contributed by atoms with van der Waals surface area (Å²) in [6.07, 6.45) is 1.71. The first-order valence-corrected chi connectivity index (χ1v) is 9.33. The van der Waals surface area contributed by atoms with E-state index in [9.17, 15) is 9.59 Å². The van der Waals surface area contributed by atoms with Gasteiger partial charge in [0.05, 0.1) is 12.8 Å². The largest absolute Gasteiger partial charge is 0.493 e. The van der Waals surface area contributed by atoms with Gasteiger partial charge >= 0.3 is 0 Å². The highest BCUT2D eigenvalue weighted by Gasteiger charge is 2.06. The molecule has 0 aromatic heterocycles. The van der Waals surface area contributed by atoms with Crippen LogP contribution in [0, 0.1) is 12.8 Å². The Morgan fingerprint density at radius 3 is 2.29 bits per heavy atom. The van der Waals surface area contributed by atoms with Crippen molar-refractivity contribution in [3.8, 4) is 5.75 Å². The molecule has 0 spiro atoms. The molecule has 2 amide bonds. The summed E-state index contributed by atoms with van der Waals surface area (Å²) in [5, 5.41) is 6.68. The molecule has 148 valence electrons. The van der Waals surface area contributed by atoms with Gasteiger partial charge in [0.2, 0.25) is 11.8 Å². The maximum absolute atomic E-state index is 11.9. The van der Waals surface area contributed by atoms with Crippen molar-refractivity contribution < 1.29 is 14.3 Å². The first-order chi connectivity index (χ1) is 13.4. The Kier molecular flexibility index (Phi) is 8.21. The van der Waals surface area contributed by atoms with Crippen molar-refractivity contribution in [2.45, 2.75) is 33.6 Å². The second kappa shape index (κ2) is 10.9.